The first kappa shape index (κ1) is 16.2. The molecule has 2 heterocycles. The molecule has 2 aromatic carbocycles. The zero-order valence-electron chi connectivity index (χ0n) is 15.6. The molecule has 134 valence electrons. The summed E-state index contributed by atoms with van der Waals surface area (Å²) in [7, 11) is 0. The molecule has 2 aromatic rings. The maximum absolute atomic E-state index is 12.7. The average Bonchev–Trinajstić information content (AvgIpc) is 3.05. The third-order valence-electron chi connectivity index (χ3n) is 6.14. The van der Waals surface area contributed by atoms with Crippen molar-refractivity contribution in [1.29, 1.82) is 0 Å². The topological polar surface area (TPSA) is 37.4 Å². The third kappa shape index (κ3) is 2.14. The molecule has 0 radical (unpaired) electrons. The van der Waals surface area contributed by atoms with Crippen LogP contribution in [0.15, 0.2) is 65.9 Å². The molecule has 0 saturated carbocycles. The van der Waals surface area contributed by atoms with Gasteiger partial charge in [-0.3, -0.25) is 9.59 Å². The molecule has 0 amide bonds. The van der Waals surface area contributed by atoms with Crippen molar-refractivity contribution in [2.75, 3.05) is 11.4 Å². The van der Waals surface area contributed by atoms with Gasteiger partial charge in [0.25, 0.3) is 0 Å². The lowest BCUT2D eigenvalue weighted by Crippen LogP contribution is -2.29. The Morgan fingerprint density at radius 1 is 0.926 bits per heavy atom. The number of aryl methyl sites for hydroxylation is 1. The van der Waals surface area contributed by atoms with E-state index in [1.165, 1.54) is 16.8 Å². The van der Waals surface area contributed by atoms with Crippen LogP contribution in [0, 0.1) is 0 Å². The summed E-state index contributed by atoms with van der Waals surface area (Å²) in [5.74, 6) is -0.333. The summed E-state index contributed by atoms with van der Waals surface area (Å²) in [4.78, 5) is 27.7. The lowest BCUT2D eigenvalue weighted by molar-refractivity contribution is 0.0989. The van der Waals surface area contributed by atoms with E-state index in [1.807, 2.05) is 6.08 Å². The SMILES string of the molecule is CC1(C)/C(=C\C=C2C(=O)c3ccccc3C2=O)N2CCCc3cccc1c32. The molecule has 2 aliphatic heterocycles. The van der Waals surface area contributed by atoms with Crippen LogP contribution < -0.4 is 4.90 Å². The molecule has 1 aliphatic carbocycles. The molecule has 0 bridgehead atoms. The molecule has 3 aliphatic rings. The van der Waals surface area contributed by atoms with Crippen LogP contribution in [-0.2, 0) is 11.8 Å². The van der Waals surface area contributed by atoms with E-state index in [9.17, 15) is 9.59 Å². The van der Waals surface area contributed by atoms with E-state index in [0.29, 0.717) is 11.1 Å². The van der Waals surface area contributed by atoms with E-state index in [1.54, 1.807) is 30.3 Å². The van der Waals surface area contributed by atoms with Crippen LogP contribution in [0.25, 0.3) is 0 Å². The zero-order valence-corrected chi connectivity index (χ0v) is 15.6. The number of benzene rings is 2. The van der Waals surface area contributed by atoms with E-state index in [0.717, 1.165) is 25.1 Å². The largest absolute Gasteiger partial charge is 0.344 e. The van der Waals surface area contributed by atoms with E-state index < -0.39 is 0 Å². The molecule has 0 saturated heterocycles. The van der Waals surface area contributed by atoms with E-state index in [2.05, 4.69) is 36.9 Å². The predicted molar refractivity (Wildman–Crippen MR) is 106 cm³/mol. The number of carbonyl (C=O) groups is 2. The summed E-state index contributed by atoms with van der Waals surface area (Å²) >= 11 is 0. The zero-order chi connectivity index (χ0) is 18.8. The number of anilines is 1. The number of hydrogen-bond donors (Lipinski definition) is 0. The van der Waals surface area contributed by atoms with Crippen molar-refractivity contribution in [2.24, 2.45) is 0 Å². The minimum atomic E-state index is -0.167. The van der Waals surface area contributed by atoms with Crippen LogP contribution in [0.4, 0.5) is 5.69 Å². The number of rotatable bonds is 1. The average molecular weight is 355 g/mol. The molecule has 27 heavy (non-hydrogen) atoms. The Labute approximate surface area is 159 Å². The van der Waals surface area contributed by atoms with Gasteiger partial charge < -0.3 is 4.90 Å². The maximum atomic E-state index is 12.7. The van der Waals surface area contributed by atoms with E-state index in [-0.39, 0.29) is 22.6 Å². The Morgan fingerprint density at radius 3 is 2.33 bits per heavy atom. The standard InChI is InChI=1S/C24H21NO2/c1-24(2)19-11-5-7-15-8-6-14-25(21(15)19)20(24)13-12-18-22(26)16-9-3-4-10-17(16)23(18)27/h3-5,7,9-13H,6,8,14H2,1-2H3/b20-13+. The second kappa shape index (κ2) is 5.53. The minimum absolute atomic E-state index is 0.149. The van der Waals surface area contributed by atoms with E-state index >= 15 is 0 Å². The summed E-state index contributed by atoms with van der Waals surface area (Å²) < 4.78 is 0. The highest BCUT2D eigenvalue weighted by molar-refractivity contribution is 6.39. The summed E-state index contributed by atoms with van der Waals surface area (Å²) in [6.45, 7) is 5.42. The summed E-state index contributed by atoms with van der Waals surface area (Å²) in [6, 6.07) is 13.6. The number of fused-ring (bicyclic) bond motifs is 1. The summed E-state index contributed by atoms with van der Waals surface area (Å²) in [5, 5.41) is 0. The fourth-order valence-corrected chi connectivity index (χ4v) is 4.76. The van der Waals surface area contributed by atoms with Crippen molar-refractivity contribution in [3.05, 3.63) is 88.1 Å². The fourth-order valence-electron chi connectivity index (χ4n) is 4.76. The van der Waals surface area contributed by atoms with Crippen molar-refractivity contribution in [2.45, 2.75) is 32.1 Å². The van der Waals surface area contributed by atoms with Gasteiger partial charge in [-0.15, -0.1) is 0 Å². The molecule has 0 unspecified atom stereocenters. The molecular formula is C24H21NO2. The molecule has 0 atom stereocenters. The van der Waals surface area contributed by atoms with Gasteiger partial charge in [-0.1, -0.05) is 56.3 Å². The lowest BCUT2D eigenvalue weighted by atomic mass is 9.83. The molecule has 0 aromatic heterocycles. The van der Waals surface area contributed by atoms with Gasteiger partial charge in [0.05, 0.1) is 5.57 Å². The predicted octanol–water partition coefficient (Wildman–Crippen LogP) is 4.62. The highest BCUT2D eigenvalue weighted by atomic mass is 16.2. The number of carbonyl (C=O) groups excluding carboxylic acids is 2. The minimum Gasteiger partial charge on any atom is -0.344 e. The molecule has 3 nitrogen and oxygen atoms in total. The Kier molecular flexibility index (Phi) is 3.33. The number of ketones is 2. The Morgan fingerprint density at radius 2 is 1.63 bits per heavy atom. The van der Waals surface area contributed by atoms with E-state index in [4.69, 9.17) is 0 Å². The maximum Gasteiger partial charge on any atom is 0.197 e. The summed E-state index contributed by atoms with van der Waals surface area (Å²) in [5.41, 5.74) is 6.36. The fraction of sp³-hybridized carbons (Fsp3) is 0.250. The van der Waals surface area contributed by atoms with Crippen LogP contribution in [0.5, 0.6) is 0 Å². The first-order chi connectivity index (χ1) is 13.0. The van der Waals surface area contributed by atoms with Gasteiger partial charge in [0.1, 0.15) is 0 Å². The van der Waals surface area contributed by atoms with Crippen molar-refractivity contribution in [3.63, 3.8) is 0 Å². The highest BCUT2D eigenvalue weighted by Gasteiger charge is 2.42. The Hall–Kier alpha value is -2.94. The molecular weight excluding hydrogens is 334 g/mol. The second-order valence-electron chi connectivity index (χ2n) is 8.03. The normalized spacial score (nSPS) is 20.9. The molecule has 5 rings (SSSR count). The first-order valence-electron chi connectivity index (χ1n) is 9.51. The van der Waals surface area contributed by atoms with Crippen molar-refractivity contribution in [3.8, 4) is 0 Å². The van der Waals surface area contributed by atoms with Crippen LogP contribution in [0.1, 0.15) is 52.1 Å². The van der Waals surface area contributed by atoms with Crippen LogP contribution in [0.2, 0.25) is 0 Å². The third-order valence-corrected chi connectivity index (χ3v) is 6.14. The van der Waals surface area contributed by atoms with Gasteiger partial charge >= 0.3 is 0 Å². The number of Topliss-reactive ketones (excluding diaryl/α,β-unsaturated/α-hetero) is 2. The van der Waals surface area contributed by atoms with Gasteiger partial charge in [-0.2, -0.15) is 0 Å². The quantitative estimate of drug-likeness (QED) is 0.553. The van der Waals surface area contributed by atoms with Crippen molar-refractivity contribution < 1.29 is 9.59 Å². The van der Waals surface area contributed by atoms with Crippen LogP contribution in [-0.4, -0.2) is 18.1 Å². The molecule has 0 spiro atoms. The summed E-state index contributed by atoms with van der Waals surface area (Å²) in [6.07, 6.45) is 5.95. The van der Waals surface area contributed by atoms with Crippen molar-refractivity contribution in [1.82, 2.24) is 0 Å². The second-order valence-corrected chi connectivity index (χ2v) is 8.03. The van der Waals surface area contributed by atoms with Crippen LogP contribution >= 0.6 is 0 Å². The monoisotopic (exact) mass is 355 g/mol. The molecule has 3 heteroatoms. The van der Waals surface area contributed by atoms with Gasteiger partial charge in [-0.25, -0.2) is 0 Å². The number of hydrogen-bond acceptors (Lipinski definition) is 3. The number of para-hydroxylation sites is 1. The van der Waals surface area contributed by atoms with Gasteiger partial charge in [0.2, 0.25) is 0 Å². The van der Waals surface area contributed by atoms with Gasteiger partial charge in [-0.05, 0) is 36.1 Å². The molecule has 0 N–H and O–H groups in total. The van der Waals surface area contributed by atoms with Gasteiger partial charge in [0.15, 0.2) is 11.6 Å². The number of nitrogens with zero attached hydrogens (tertiary/aromatic N) is 1. The number of allylic oxidation sites excluding steroid dienone is 4. The van der Waals surface area contributed by atoms with Crippen molar-refractivity contribution >= 4 is 17.3 Å². The highest BCUT2D eigenvalue weighted by Crippen LogP contribution is 2.51. The molecule has 0 fully saturated rings. The van der Waals surface area contributed by atoms with Crippen LogP contribution in [0.3, 0.4) is 0 Å². The lowest BCUT2D eigenvalue weighted by Gasteiger charge is -2.30. The van der Waals surface area contributed by atoms with Gasteiger partial charge in [0, 0.05) is 34.5 Å². The Bertz CT molecular complexity index is 1030. The smallest absolute Gasteiger partial charge is 0.197 e. The Balaban J connectivity index is 1.61. The first-order valence-corrected chi connectivity index (χ1v) is 9.51.